The lowest BCUT2D eigenvalue weighted by atomic mass is 10.1. The molecule has 0 aliphatic rings. The van der Waals surface area contributed by atoms with Gasteiger partial charge in [0.15, 0.2) is 0 Å². The van der Waals surface area contributed by atoms with Crippen LogP contribution >= 0.6 is 23.2 Å². The minimum absolute atomic E-state index is 0.139. The second-order valence-corrected chi connectivity index (χ2v) is 4.12. The van der Waals surface area contributed by atoms with E-state index in [1.54, 1.807) is 19.2 Å². The van der Waals surface area contributed by atoms with E-state index in [4.69, 9.17) is 38.4 Å². The normalized spacial score (nSPS) is 12.6. The van der Waals surface area contributed by atoms with Gasteiger partial charge >= 0.3 is 0 Å². The molecule has 0 bridgehead atoms. The standard InChI is InChI=1S/C11H15Cl2NO2/c1-7(16-4-3-14)8-5-10(13)11(15-2)6-9(8)12/h5-7H,3-4,14H2,1-2H3. The number of nitrogens with two attached hydrogens (primary N) is 1. The minimum Gasteiger partial charge on any atom is -0.495 e. The highest BCUT2D eigenvalue weighted by atomic mass is 35.5. The maximum Gasteiger partial charge on any atom is 0.138 e. The van der Waals surface area contributed by atoms with Gasteiger partial charge in [0.25, 0.3) is 0 Å². The van der Waals surface area contributed by atoms with Crippen molar-refractivity contribution in [1.29, 1.82) is 0 Å². The van der Waals surface area contributed by atoms with Crippen molar-refractivity contribution in [3.05, 3.63) is 27.7 Å². The molecule has 5 heteroatoms. The third-order valence-electron chi connectivity index (χ3n) is 2.19. The molecule has 0 radical (unpaired) electrons. The van der Waals surface area contributed by atoms with Crippen molar-refractivity contribution >= 4 is 23.2 Å². The Bertz CT molecular complexity index is 358. The summed E-state index contributed by atoms with van der Waals surface area (Å²) in [7, 11) is 1.55. The third-order valence-corrected chi connectivity index (χ3v) is 2.82. The predicted molar refractivity (Wildman–Crippen MR) is 66.4 cm³/mol. The summed E-state index contributed by atoms with van der Waals surface area (Å²) in [6.07, 6.45) is -0.139. The monoisotopic (exact) mass is 263 g/mol. The molecular weight excluding hydrogens is 249 g/mol. The Kier molecular flexibility index (Phi) is 5.35. The van der Waals surface area contributed by atoms with Gasteiger partial charge in [-0.05, 0) is 13.0 Å². The van der Waals surface area contributed by atoms with Crippen molar-refractivity contribution < 1.29 is 9.47 Å². The van der Waals surface area contributed by atoms with E-state index in [1.165, 1.54) is 0 Å². The van der Waals surface area contributed by atoms with Crippen LogP contribution in [-0.4, -0.2) is 20.3 Å². The number of hydrogen-bond donors (Lipinski definition) is 1. The summed E-state index contributed by atoms with van der Waals surface area (Å²) < 4.78 is 10.5. The zero-order valence-corrected chi connectivity index (χ0v) is 10.8. The van der Waals surface area contributed by atoms with Crippen LogP contribution in [0.1, 0.15) is 18.6 Å². The Balaban J connectivity index is 2.92. The first kappa shape index (κ1) is 13.6. The topological polar surface area (TPSA) is 44.5 Å². The number of methoxy groups -OCH3 is 1. The van der Waals surface area contributed by atoms with Crippen molar-refractivity contribution in [3.8, 4) is 5.75 Å². The van der Waals surface area contributed by atoms with Gasteiger partial charge in [0.1, 0.15) is 5.75 Å². The molecule has 1 aromatic rings. The summed E-state index contributed by atoms with van der Waals surface area (Å²) in [5, 5.41) is 1.09. The van der Waals surface area contributed by atoms with Crippen molar-refractivity contribution in [1.82, 2.24) is 0 Å². The van der Waals surface area contributed by atoms with Crippen molar-refractivity contribution in [3.63, 3.8) is 0 Å². The lowest BCUT2D eigenvalue weighted by molar-refractivity contribution is 0.0718. The average Bonchev–Trinajstić information content (AvgIpc) is 2.28. The van der Waals surface area contributed by atoms with E-state index < -0.39 is 0 Å². The first-order chi connectivity index (χ1) is 7.60. The second kappa shape index (κ2) is 6.30. The van der Waals surface area contributed by atoms with Crippen LogP contribution in [0, 0.1) is 0 Å². The fourth-order valence-corrected chi connectivity index (χ4v) is 1.90. The van der Waals surface area contributed by atoms with Gasteiger partial charge in [0.05, 0.1) is 29.9 Å². The van der Waals surface area contributed by atoms with Gasteiger partial charge < -0.3 is 15.2 Å². The Morgan fingerprint density at radius 3 is 2.56 bits per heavy atom. The summed E-state index contributed by atoms with van der Waals surface area (Å²) in [6, 6.07) is 3.44. The number of ether oxygens (including phenoxy) is 2. The van der Waals surface area contributed by atoms with Crippen LogP contribution in [0.25, 0.3) is 0 Å². The van der Waals surface area contributed by atoms with Crippen molar-refractivity contribution in [2.45, 2.75) is 13.0 Å². The van der Waals surface area contributed by atoms with Gasteiger partial charge in [-0.3, -0.25) is 0 Å². The molecule has 0 aliphatic heterocycles. The molecule has 0 aliphatic carbocycles. The Morgan fingerprint density at radius 2 is 2.00 bits per heavy atom. The van der Waals surface area contributed by atoms with Gasteiger partial charge in [0.2, 0.25) is 0 Å². The van der Waals surface area contributed by atoms with Crippen LogP contribution in [0.15, 0.2) is 12.1 Å². The molecule has 16 heavy (non-hydrogen) atoms. The first-order valence-electron chi connectivity index (χ1n) is 4.94. The molecule has 90 valence electrons. The highest BCUT2D eigenvalue weighted by Crippen LogP contribution is 2.34. The van der Waals surface area contributed by atoms with E-state index in [2.05, 4.69) is 0 Å². The van der Waals surface area contributed by atoms with E-state index in [9.17, 15) is 0 Å². The van der Waals surface area contributed by atoms with Crippen molar-refractivity contribution in [2.75, 3.05) is 20.3 Å². The summed E-state index contributed by atoms with van der Waals surface area (Å²) in [6.45, 7) is 2.87. The molecular formula is C11H15Cl2NO2. The molecule has 0 fully saturated rings. The fraction of sp³-hybridized carbons (Fsp3) is 0.455. The molecule has 3 nitrogen and oxygen atoms in total. The van der Waals surface area contributed by atoms with Gasteiger partial charge in [-0.1, -0.05) is 23.2 Å². The van der Waals surface area contributed by atoms with Crippen LogP contribution in [0.2, 0.25) is 10.0 Å². The average molecular weight is 264 g/mol. The van der Waals surface area contributed by atoms with E-state index >= 15 is 0 Å². The maximum absolute atomic E-state index is 6.10. The van der Waals surface area contributed by atoms with Crippen LogP contribution in [0.4, 0.5) is 0 Å². The maximum atomic E-state index is 6.10. The summed E-state index contributed by atoms with van der Waals surface area (Å²) in [4.78, 5) is 0. The quantitative estimate of drug-likeness (QED) is 0.888. The van der Waals surface area contributed by atoms with Crippen LogP contribution < -0.4 is 10.5 Å². The zero-order chi connectivity index (χ0) is 12.1. The summed E-state index contributed by atoms with van der Waals surface area (Å²) >= 11 is 12.1. The fourth-order valence-electron chi connectivity index (χ4n) is 1.35. The highest BCUT2D eigenvalue weighted by molar-refractivity contribution is 6.34. The minimum atomic E-state index is -0.139. The molecule has 0 saturated carbocycles. The largest absolute Gasteiger partial charge is 0.495 e. The number of rotatable bonds is 5. The molecule has 0 heterocycles. The summed E-state index contributed by atoms with van der Waals surface area (Å²) in [5.41, 5.74) is 6.20. The van der Waals surface area contributed by atoms with E-state index in [0.717, 1.165) is 5.56 Å². The molecule has 1 unspecified atom stereocenters. The molecule has 2 N–H and O–H groups in total. The predicted octanol–water partition coefficient (Wildman–Crippen LogP) is 3.04. The molecule has 1 atom stereocenters. The molecule has 1 aromatic carbocycles. The third kappa shape index (κ3) is 3.25. The van der Waals surface area contributed by atoms with Gasteiger partial charge in [-0.25, -0.2) is 0 Å². The SMILES string of the molecule is COc1cc(Cl)c(C(C)OCCN)cc1Cl. The molecule has 0 aromatic heterocycles. The Morgan fingerprint density at radius 1 is 1.31 bits per heavy atom. The molecule has 0 saturated heterocycles. The van der Waals surface area contributed by atoms with Gasteiger partial charge in [-0.15, -0.1) is 0 Å². The van der Waals surface area contributed by atoms with Gasteiger partial charge in [0, 0.05) is 18.2 Å². The number of hydrogen-bond acceptors (Lipinski definition) is 3. The second-order valence-electron chi connectivity index (χ2n) is 3.31. The van der Waals surface area contributed by atoms with E-state index in [-0.39, 0.29) is 6.10 Å². The number of benzene rings is 1. The Labute approximate surface area is 105 Å². The molecule has 1 rings (SSSR count). The van der Waals surface area contributed by atoms with E-state index in [0.29, 0.717) is 28.9 Å². The van der Waals surface area contributed by atoms with E-state index in [1.807, 2.05) is 6.92 Å². The van der Waals surface area contributed by atoms with Gasteiger partial charge in [-0.2, -0.15) is 0 Å². The smallest absolute Gasteiger partial charge is 0.138 e. The lowest BCUT2D eigenvalue weighted by Crippen LogP contribution is -2.11. The Hall–Kier alpha value is -0.480. The molecule has 0 spiro atoms. The lowest BCUT2D eigenvalue weighted by Gasteiger charge is -2.16. The number of halogens is 2. The first-order valence-corrected chi connectivity index (χ1v) is 5.70. The van der Waals surface area contributed by atoms with Crippen LogP contribution in [-0.2, 0) is 4.74 Å². The van der Waals surface area contributed by atoms with Crippen molar-refractivity contribution in [2.24, 2.45) is 5.73 Å². The zero-order valence-electron chi connectivity index (χ0n) is 9.30. The molecule has 0 amide bonds. The summed E-state index contributed by atoms with van der Waals surface area (Å²) in [5.74, 6) is 0.557. The highest BCUT2D eigenvalue weighted by Gasteiger charge is 2.13. The van der Waals surface area contributed by atoms with Crippen LogP contribution in [0.5, 0.6) is 5.75 Å². The van der Waals surface area contributed by atoms with Crippen LogP contribution in [0.3, 0.4) is 0 Å².